The maximum Gasteiger partial charge on any atom is 0.253 e. The lowest BCUT2D eigenvalue weighted by molar-refractivity contribution is -0.137. The van der Waals surface area contributed by atoms with Crippen molar-refractivity contribution < 1.29 is 14.3 Å². The normalized spacial score (nSPS) is 20.8. The van der Waals surface area contributed by atoms with E-state index in [-0.39, 0.29) is 17.7 Å². The van der Waals surface area contributed by atoms with E-state index in [1.807, 2.05) is 9.80 Å². The lowest BCUT2D eigenvalue weighted by Gasteiger charge is -2.36. The van der Waals surface area contributed by atoms with Gasteiger partial charge in [-0.15, -0.1) is 0 Å². The molecule has 5 nitrogen and oxygen atoms in total. The van der Waals surface area contributed by atoms with E-state index in [4.69, 9.17) is 4.74 Å². The number of allylic oxidation sites excluding steroid dienone is 2. The molecule has 0 radical (unpaired) electrons. The second-order valence-electron chi connectivity index (χ2n) is 6.33. The molecule has 0 saturated carbocycles. The number of hydrogen-bond acceptors (Lipinski definition) is 3. The van der Waals surface area contributed by atoms with Gasteiger partial charge >= 0.3 is 0 Å². The van der Waals surface area contributed by atoms with Gasteiger partial charge in [-0.1, -0.05) is 12.2 Å². The molecule has 1 aliphatic carbocycles. The maximum atomic E-state index is 12.6. The van der Waals surface area contributed by atoms with Crippen LogP contribution in [-0.4, -0.2) is 54.9 Å². The molecular formula is C19H24N2O3. The molecule has 24 heavy (non-hydrogen) atoms. The summed E-state index contributed by atoms with van der Waals surface area (Å²) in [7, 11) is 1.61. The Bertz CT molecular complexity index is 616. The SMILES string of the molecule is COc1ccc(C(=O)N2CCN(C(=O)[C@H]3CC=CCC3)CC2)cc1. The zero-order valence-electron chi connectivity index (χ0n) is 14.1. The Hall–Kier alpha value is -2.30. The number of hydrogen-bond donors (Lipinski definition) is 0. The van der Waals surface area contributed by atoms with Crippen LogP contribution in [0.5, 0.6) is 5.75 Å². The number of benzene rings is 1. The Morgan fingerprint density at radius 2 is 1.67 bits per heavy atom. The van der Waals surface area contributed by atoms with E-state index >= 15 is 0 Å². The summed E-state index contributed by atoms with van der Waals surface area (Å²) < 4.78 is 5.12. The summed E-state index contributed by atoms with van der Waals surface area (Å²) in [5.74, 6) is 1.13. The highest BCUT2D eigenvalue weighted by Gasteiger charge is 2.29. The smallest absolute Gasteiger partial charge is 0.253 e. The van der Waals surface area contributed by atoms with Crippen molar-refractivity contribution >= 4 is 11.8 Å². The first kappa shape index (κ1) is 16.6. The highest BCUT2D eigenvalue weighted by atomic mass is 16.5. The predicted molar refractivity (Wildman–Crippen MR) is 92.0 cm³/mol. The van der Waals surface area contributed by atoms with Crippen LogP contribution >= 0.6 is 0 Å². The third-order valence-corrected chi connectivity index (χ3v) is 4.83. The van der Waals surface area contributed by atoms with Crippen molar-refractivity contribution in [1.29, 1.82) is 0 Å². The second kappa shape index (κ2) is 7.51. The van der Waals surface area contributed by atoms with Crippen LogP contribution in [0.15, 0.2) is 36.4 Å². The number of ether oxygens (including phenoxy) is 1. The average molecular weight is 328 g/mol. The van der Waals surface area contributed by atoms with E-state index in [0.29, 0.717) is 31.7 Å². The fourth-order valence-electron chi connectivity index (χ4n) is 3.32. The minimum atomic E-state index is 0.0188. The number of nitrogens with zero attached hydrogens (tertiary/aromatic N) is 2. The van der Waals surface area contributed by atoms with Crippen LogP contribution in [0.4, 0.5) is 0 Å². The minimum Gasteiger partial charge on any atom is -0.497 e. The molecule has 3 rings (SSSR count). The van der Waals surface area contributed by atoms with Crippen molar-refractivity contribution in [3.05, 3.63) is 42.0 Å². The van der Waals surface area contributed by atoms with E-state index in [9.17, 15) is 9.59 Å². The van der Waals surface area contributed by atoms with Gasteiger partial charge in [0, 0.05) is 37.7 Å². The van der Waals surface area contributed by atoms with Gasteiger partial charge in [0.1, 0.15) is 5.75 Å². The Morgan fingerprint density at radius 3 is 2.25 bits per heavy atom. The van der Waals surface area contributed by atoms with Gasteiger partial charge in [-0.05, 0) is 43.5 Å². The number of rotatable bonds is 3. The topological polar surface area (TPSA) is 49.9 Å². The molecule has 1 aromatic carbocycles. The number of carbonyl (C=O) groups excluding carboxylic acids is 2. The van der Waals surface area contributed by atoms with Crippen LogP contribution in [0, 0.1) is 5.92 Å². The van der Waals surface area contributed by atoms with Gasteiger partial charge in [0.25, 0.3) is 5.91 Å². The summed E-state index contributed by atoms with van der Waals surface area (Å²) in [5, 5.41) is 0. The van der Waals surface area contributed by atoms with Crippen molar-refractivity contribution in [2.24, 2.45) is 5.92 Å². The van der Waals surface area contributed by atoms with Gasteiger partial charge in [0.15, 0.2) is 0 Å². The van der Waals surface area contributed by atoms with Crippen molar-refractivity contribution in [1.82, 2.24) is 9.80 Å². The average Bonchev–Trinajstić information content (AvgIpc) is 2.68. The first-order valence-corrected chi connectivity index (χ1v) is 8.56. The molecule has 5 heteroatoms. The number of amides is 2. The van der Waals surface area contributed by atoms with Crippen LogP contribution in [0.3, 0.4) is 0 Å². The Morgan fingerprint density at radius 1 is 1.00 bits per heavy atom. The molecule has 128 valence electrons. The van der Waals surface area contributed by atoms with Gasteiger partial charge in [-0.3, -0.25) is 9.59 Å². The van der Waals surface area contributed by atoms with Crippen molar-refractivity contribution in [2.75, 3.05) is 33.3 Å². The Kier molecular flexibility index (Phi) is 5.18. The van der Waals surface area contributed by atoms with Crippen LogP contribution in [0.2, 0.25) is 0 Å². The zero-order chi connectivity index (χ0) is 16.9. The minimum absolute atomic E-state index is 0.0188. The van der Waals surface area contributed by atoms with Crippen LogP contribution in [0.1, 0.15) is 29.6 Å². The standard InChI is InChI=1S/C19H24N2O3/c1-24-17-9-7-16(8-10-17)19(23)21-13-11-20(12-14-21)18(22)15-5-3-2-4-6-15/h2-3,7-10,15H,4-6,11-14H2,1H3/t15-/m0/s1. The lowest BCUT2D eigenvalue weighted by atomic mass is 9.93. The fraction of sp³-hybridized carbons (Fsp3) is 0.474. The molecule has 0 bridgehead atoms. The van der Waals surface area contributed by atoms with E-state index in [0.717, 1.165) is 25.0 Å². The maximum absolute atomic E-state index is 12.6. The second-order valence-corrected chi connectivity index (χ2v) is 6.33. The predicted octanol–water partition coefficient (Wildman–Crippen LogP) is 2.34. The third kappa shape index (κ3) is 3.61. The van der Waals surface area contributed by atoms with E-state index in [1.54, 1.807) is 31.4 Å². The molecule has 1 heterocycles. The van der Waals surface area contributed by atoms with Crippen molar-refractivity contribution in [3.8, 4) is 5.75 Å². The first-order chi connectivity index (χ1) is 11.7. The number of piperazine rings is 1. The van der Waals surface area contributed by atoms with Crippen molar-refractivity contribution in [3.63, 3.8) is 0 Å². The summed E-state index contributed by atoms with van der Waals surface area (Å²) in [6.45, 7) is 2.44. The van der Waals surface area contributed by atoms with E-state index < -0.39 is 0 Å². The fourth-order valence-corrected chi connectivity index (χ4v) is 3.32. The van der Waals surface area contributed by atoms with Gasteiger partial charge in [0.2, 0.25) is 5.91 Å². The molecule has 1 aliphatic heterocycles. The summed E-state index contributed by atoms with van der Waals surface area (Å²) in [4.78, 5) is 28.8. The largest absolute Gasteiger partial charge is 0.497 e. The molecule has 0 spiro atoms. The summed E-state index contributed by atoms with van der Waals surface area (Å²) >= 11 is 0. The lowest BCUT2D eigenvalue weighted by Crippen LogP contribution is -2.52. The zero-order valence-corrected chi connectivity index (χ0v) is 14.1. The molecule has 1 saturated heterocycles. The van der Waals surface area contributed by atoms with Gasteiger partial charge < -0.3 is 14.5 Å². The Labute approximate surface area is 142 Å². The molecule has 2 aliphatic rings. The number of methoxy groups -OCH3 is 1. The van der Waals surface area contributed by atoms with E-state index in [1.165, 1.54) is 0 Å². The third-order valence-electron chi connectivity index (χ3n) is 4.83. The summed E-state index contributed by atoms with van der Waals surface area (Å²) in [6, 6.07) is 7.16. The molecule has 0 N–H and O–H groups in total. The summed E-state index contributed by atoms with van der Waals surface area (Å²) in [6.07, 6.45) is 7.04. The molecule has 0 unspecified atom stereocenters. The van der Waals surface area contributed by atoms with Gasteiger partial charge in [0.05, 0.1) is 7.11 Å². The molecule has 2 amide bonds. The van der Waals surface area contributed by atoms with E-state index in [2.05, 4.69) is 12.2 Å². The number of carbonyl (C=O) groups is 2. The molecule has 1 aromatic rings. The quantitative estimate of drug-likeness (QED) is 0.800. The first-order valence-electron chi connectivity index (χ1n) is 8.56. The monoisotopic (exact) mass is 328 g/mol. The summed E-state index contributed by atoms with van der Waals surface area (Å²) in [5.41, 5.74) is 0.660. The molecular weight excluding hydrogens is 304 g/mol. The van der Waals surface area contributed by atoms with Crippen LogP contribution in [0.25, 0.3) is 0 Å². The van der Waals surface area contributed by atoms with Crippen LogP contribution in [-0.2, 0) is 4.79 Å². The highest BCUT2D eigenvalue weighted by Crippen LogP contribution is 2.22. The Balaban J connectivity index is 1.55. The molecule has 1 fully saturated rings. The van der Waals surface area contributed by atoms with Gasteiger partial charge in [-0.25, -0.2) is 0 Å². The molecule has 0 aromatic heterocycles. The van der Waals surface area contributed by atoms with Crippen LogP contribution < -0.4 is 4.74 Å². The van der Waals surface area contributed by atoms with Crippen molar-refractivity contribution in [2.45, 2.75) is 19.3 Å². The highest BCUT2D eigenvalue weighted by molar-refractivity contribution is 5.94. The molecule has 1 atom stereocenters. The van der Waals surface area contributed by atoms with Gasteiger partial charge in [-0.2, -0.15) is 0 Å².